The molecule has 0 aliphatic carbocycles. The number of aryl methyl sites for hydroxylation is 2. The van der Waals surface area contributed by atoms with Gasteiger partial charge in [-0.15, -0.1) is 0 Å². The van der Waals surface area contributed by atoms with E-state index in [1.807, 2.05) is 13.8 Å². The van der Waals surface area contributed by atoms with E-state index in [4.69, 9.17) is 5.11 Å². The molecule has 0 heterocycles. The topological polar surface area (TPSA) is 37.3 Å². The Hall–Kier alpha value is -1.15. The van der Waals surface area contributed by atoms with Crippen molar-refractivity contribution < 1.29 is 9.90 Å². The van der Waals surface area contributed by atoms with Crippen LogP contribution < -0.4 is 0 Å². The molecule has 2 nitrogen and oxygen atoms in total. The van der Waals surface area contributed by atoms with Gasteiger partial charge in [0.25, 0.3) is 0 Å². The Labute approximate surface area is 71.8 Å². The molecule has 1 rings (SSSR count). The summed E-state index contributed by atoms with van der Waals surface area (Å²) in [5, 5.41) is 8.97. The summed E-state index contributed by atoms with van der Waals surface area (Å²) in [6.45, 7) is 3.83. The molecule has 1 aromatic rings. The van der Waals surface area contributed by atoms with E-state index < -0.39 is 0 Å². The van der Waals surface area contributed by atoms with Crippen molar-refractivity contribution in [3.8, 4) is 0 Å². The smallest absolute Gasteiger partial charge is 0.150 e. The highest BCUT2D eigenvalue weighted by molar-refractivity contribution is 5.75. The van der Waals surface area contributed by atoms with Crippen LogP contribution in [-0.4, -0.2) is 11.4 Å². The SMILES string of the molecule is Cc1cc(C=O)cc(C)c1CO. The molecular formula is C10H12O2. The van der Waals surface area contributed by atoms with Crippen LogP contribution in [0, 0.1) is 13.8 Å². The number of hydrogen-bond acceptors (Lipinski definition) is 2. The summed E-state index contributed by atoms with van der Waals surface area (Å²) in [6, 6.07) is 3.57. The van der Waals surface area contributed by atoms with E-state index in [1.54, 1.807) is 12.1 Å². The van der Waals surface area contributed by atoms with Crippen LogP contribution in [0.2, 0.25) is 0 Å². The minimum absolute atomic E-state index is 0.0385. The summed E-state index contributed by atoms with van der Waals surface area (Å²) in [5.74, 6) is 0. The maximum Gasteiger partial charge on any atom is 0.150 e. The molecule has 0 bridgehead atoms. The number of rotatable bonds is 2. The normalized spacial score (nSPS) is 9.92. The number of carbonyl (C=O) groups is 1. The molecule has 0 fully saturated rings. The predicted octanol–water partition coefficient (Wildman–Crippen LogP) is 1.61. The van der Waals surface area contributed by atoms with E-state index in [0.29, 0.717) is 5.56 Å². The maximum absolute atomic E-state index is 10.4. The average molecular weight is 164 g/mol. The van der Waals surface area contributed by atoms with Crippen LogP contribution in [0.25, 0.3) is 0 Å². The van der Waals surface area contributed by atoms with Crippen LogP contribution in [-0.2, 0) is 6.61 Å². The van der Waals surface area contributed by atoms with Crippen LogP contribution in [0.5, 0.6) is 0 Å². The van der Waals surface area contributed by atoms with Crippen molar-refractivity contribution in [2.45, 2.75) is 20.5 Å². The fourth-order valence-electron chi connectivity index (χ4n) is 1.34. The second-order valence-electron chi connectivity index (χ2n) is 2.91. The van der Waals surface area contributed by atoms with Crippen LogP contribution >= 0.6 is 0 Å². The van der Waals surface area contributed by atoms with Crippen molar-refractivity contribution in [2.75, 3.05) is 0 Å². The molecular weight excluding hydrogens is 152 g/mol. The van der Waals surface area contributed by atoms with E-state index in [1.165, 1.54) is 0 Å². The third-order valence-electron chi connectivity index (χ3n) is 2.01. The molecule has 0 saturated carbocycles. The third kappa shape index (κ3) is 1.53. The first kappa shape index (κ1) is 8.94. The Bertz CT molecular complexity index is 280. The molecule has 0 saturated heterocycles. The summed E-state index contributed by atoms with van der Waals surface area (Å²) in [7, 11) is 0. The Morgan fingerprint density at radius 2 is 1.83 bits per heavy atom. The minimum Gasteiger partial charge on any atom is -0.392 e. The van der Waals surface area contributed by atoms with Gasteiger partial charge in [-0.1, -0.05) is 0 Å². The van der Waals surface area contributed by atoms with Gasteiger partial charge in [0.1, 0.15) is 6.29 Å². The second kappa shape index (κ2) is 3.50. The number of aliphatic hydroxyl groups excluding tert-OH is 1. The van der Waals surface area contributed by atoms with Crippen molar-refractivity contribution in [1.29, 1.82) is 0 Å². The van der Waals surface area contributed by atoms with Gasteiger partial charge in [0.2, 0.25) is 0 Å². The molecule has 12 heavy (non-hydrogen) atoms. The first-order valence-corrected chi connectivity index (χ1v) is 3.85. The number of aldehydes is 1. The lowest BCUT2D eigenvalue weighted by atomic mass is 10.0. The third-order valence-corrected chi connectivity index (χ3v) is 2.01. The minimum atomic E-state index is 0.0385. The fraction of sp³-hybridized carbons (Fsp3) is 0.300. The quantitative estimate of drug-likeness (QED) is 0.674. The van der Waals surface area contributed by atoms with Gasteiger partial charge in [0, 0.05) is 5.56 Å². The lowest BCUT2D eigenvalue weighted by Gasteiger charge is -2.06. The highest BCUT2D eigenvalue weighted by Gasteiger charge is 2.02. The molecule has 0 aliphatic heterocycles. The summed E-state index contributed by atoms with van der Waals surface area (Å²) in [5.41, 5.74) is 3.53. The van der Waals surface area contributed by atoms with E-state index in [-0.39, 0.29) is 6.61 Å². The zero-order chi connectivity index (χ0) is 9.14. The van der Waals surface area contributed by atoms with Crippen molar-refractivity contribution in [3.05, 3.63) is 34.4 Å². The van der Waals surface area contributed by atoms with Crippen LogP contribution in [0.3, 0.4) is 0 Å². The number of carbonyl (C=O) groups excluding carboxylic acids is 1. The van der Waals surface area contributed by atoms with Gasteiger partial charge in [0.15, 0.2) is 0 Å². The van der Waals surface area contributed by atoms with Crippen molar-refractivity contribution in [3.63, 3.8) is 0 Å². The number of hydrogen-bond donors (Lipinski definition) is 1. The van der Waals surface area contributed by atoms with E-state index in [2.05, 4.69) is 0 Å². The Morgan fingerprint density at radius 3 is 2.17 bits per heavy atom. The molecule has 1 N–H and O–H groups in total. The van der Waals surface area contributed by atoms with Gasteiger partial charge in [-0.05, 0) is 42.7 Å². The van der Waals surface area contributed by atoms with E-state index in [0.717, 1.165) is 23.0 Å². The molecule has 0 atom stereocenters. The van der Waals surface area contributed by atoms with Gasteiger partial charge < -0.3 is 5.11 Å². The predicted molar refractivity (Wildman–Crippen MR) is 47.2 cm³/mol. The monoisotopic (exact) mass is 164 g/mol. The van der Waals surface area contributed by atoms with Crippen molar-refractivity contribution in [2.24, 2.45) is 0 Å². The molecule has 1 aromatic carbocycles. The largest absolute Gasteiger partial charge is 0.392 e. The first-order chi connectivity index (χ1) is 5.69. The van der Waals surface area contributed by atoms with Gasteiger partial charge in [0.05, 0.1) is 6.61 Å². The lowest BCUT2D eigenvalue weighted by Crippen LogP contribution is -1.95. The molecule has 0 spiro atoms. The summed E-state index contributed by atoms with van der Waals surface area (Å²) in [6.07, 6.45) is 0.821. The zero-order valence-corrected chi connectivity index (χ0v) is 7.29. The average Bonchev–Trinajstić information content (AvgIpc) is 2.03. The summed E-state index contributed by atoms with van der Waals surface area (Å²) < 4.78 is 0. The lowest BCUT2D eigenvalue weighted by molar-refractivity contribution is 0.112. The Balaban J connectivity index is 3.27. The fourth-order valence-corrected chi connectivity index (χ4v) is 1.34. The first-order valence-electron chi connectivity index (χ1n) is 3.85. The Morgan fingerprint density at radius 1 is 1.33 bits per heavy atom. The van der Waals surface area contributed by atoms with Gasteiger partial charge in [-0.2, -0.15) is 0 Å². The zero-order valence-electron chi connectivity index (χ0n) is 7.29. The number of benzene rings is 1. The molecule has 64 valence electrons. The molecule has 0 unspecified atom stereocenters. The number of aliphatic hydroxyl groups is 1. The molecule has 0 amide bonds. The van der Waals surface area contributed by atoms with E-state index in [9.17, 15) is 4.79 Å². The molecule has 0 aromatic heterocycles. The van der Waals surface area contributed by atoms with Crippen LogP contribution in [0.1, 0.15) is 27.0 Å². The maximum atomic E-state index is 10.4. The summed E-state index contributed by atoms with van der Waals surface area (Å²) >= 11 is 0. The van der Waals surface area contributed by atoms with Crippen LogP contribution in [0.15, 0.2) is 12.1 Å². The molecule has 2 heteroatoms. The summed E-state index contributed by atoms with van der Waals surface area (Å²) in [4.78, 5) is 10.4. The molecule has 0 radical (unpaired) electrons. The molecule has 0 aliphatic rings. The van der Waals surface area contributed by atoms with Crippen molar-refractivity contribution in [1.82, 2.24) is 0 Å². The van der Waals surface area contributed by atoms with Gasteiger partial charge in [-0.3, -0.25) is 4.79 Å². The van der Waals surface area contributed by atoms with Crippen LogP contribution in [0.4, 0.5) is 0 Å². The highest BCUT2D eigenvalue weighted by atomic mass is 16.3. The Kier molecular flexibility index (Phi) is 2.61. The van der Waals surface area contributed by atoms with Crippen molar-refractivity contribution >= 4 is 6.29 Å². The highest BCUT2D eigenvalue weighted by Crippen LogP contribution is 2.15. The van der Waals surface area contributed by atoms with Gasteiger partial charge in [-0.25, -0.2) is 0 Å². The standard InChI is InChI=1S/C10H12O2/c1-7-3-9(5-11)4-8(2)10(7)6-12/h3-5,12H,6H2,1-2H3. The second-order valence-corrected chi connectivity index (χ2v) is 2.91. The van der Waals surface area contributed by atoms with E-state index >= 15 is 0 Å². The van der Waals surface area contributed by atoms with Gasteiger partial charge >= 0.3 is 0 Å².